The van der Waals surface area contributed by atoms with Crippen LogP contribution in [0.3, 0.4) is 0 Å². The van der Waals surface area contributed by atoms with Crippen LogP contribution < -0.4 is 9.64 Å². The van der Waals surface area contributed by atoms with Gasteiger partial charge in [0.05, 0.1) is 10.7 Å². The SMILES string of the molecule is CN=C(SC)c1ccc2c(c1)N(C)C(=O)CO2. The second kappa shape index (κ2) is 4.79. The van der Waals surface area contributed by atoms with Crippen molar-refractivity contribution >= 4 is 28.4 Å². The standard InChI is InChI=1S/C12H14N2O2S/c1-13-12(17-3)8-4-5-10-9(6-8)14(2)11(15)7-16-10/h4-6H,7H2,1-3H3. The monoisotopic (exact) mass is 250 g/mol. The fourth-order valence-electron chi connectivity index (χ4n) is 1.74. The van der Waals surface area contributed by atoms with E-state index in [9.17, 15) is 4.79 Å². The van der Waals surface area contributed by atoms with Gasteiger partial charge in [0.1, 0.15) is 5.75 Å². The Hall–Kier alpha value is -1.49. The summed E-state index contributed by atoms with van der Waals surface area (Å²) in [6.45, 7) is 0.111. The van der Waals surface area contributed by atoms with Gasteiger partial charge in [0.2, 0.25) is 0 Å². The Labute approximate surface area is 105 Å². The Kier molecular flexibility index (Phi) is 3.38. The number of amides is 1. The van der Waals surface area contributed by atoms with E-state index in [0.717, 1.165) is 22.0 Å². The number of carbonyl (C=O) groups excluding carboxylic acids is 1. The van der Waals surface area contributed by atoms with Crippen LogP contribution in [-0.2, 0) is 4.79 Å². The molecule has 1 amide bonds. The van der Waals surface area contributed by atoms with E-state index >= 15 is 0 Å². The fourth-order valence-corrected chi connectivity index (χ4v) is 2.29. The molecule has 0 bridgehead atoms. The van der Waals surface area contributed by atoms with E-state index in [1.54, 1.807) is 30.8 Å². The second-order valence-corrected chi connectivity index (χ2v) is 4.45. The number of anilines is 1. The average molecular weight is 250 g/mol. The molecule has 0 fully saturated rings. The average Bonchev–Trinajstić information content (AvgIpc) is 2.36. The van der Waals surface area contributed by atoms with Crippen LogP contribution >= 0.6 is 11.8 Å². The van der Waals surface area contributed by atoms with E-state index < -0.39 is 0 Å². The van der Waals surface area contributed by atoms with Gasteiger partial charge in [-0.15, -0.1) is 11.8 Å². The molecule has 1 aromatic carbocycles. The van der Waals surface area contributed by atoms with Crippen molar-refractivity contribution in [3.63, 3.8) is 0 Å². The van der Waals surface area contributed by atoms with Crippen LogP contribution in [0.15, 0.2) is 23.2 Å². The molecule has 0 aromatic heterocycles. The summed E-state index contributed by atoms with van der Waals surface area (Å²) in [6.07, 6.45) is 1.98. The van der Waals surface area contributed by atoms with Crippen LogP contribution in [-0.4, -0.2) is 37.9 Å². The number of hydrogen-bond acceptors (Lipinski definition) is 4. The summed E-state index contributed by atoms with van der Waals surface area (Å²) in [5.41, 5.74) is 1.80. The highest BCUT2D eigenvalue weighted by atomic mass is 32.2. The molecular formula is C12H14N2O2S. The molecule has 1 aromatic rings. The second-order valence-electron chi connectivity index (χ2n) is 3.66. The number of thioether (sulfide) groups is 1. The summed E-state index contributed by atoms with van der Waals surface area (Å²) in [5, 5.41) is 0.944. The maximum atomic E-state index is 11.5. The zero-order valence-corrected chi connectivity index (χ0v) is 10.9. The van der Waals surface area contributed by atoms with Crippen molar-refractivity contribution in [3.8, 4) is 5.75 Å². The van der Waals surface area contributed by atoms with Gasteiger partial charge in [-0.25, -0.2) is 0 Å². The van der Waals surface area contributed by atoms with Crippen molar-refractivity contribution in [1.82, 2.24) is 0 Å². The molecule has 0 radical (unpaired) electrons. The van der Waals surface area contributed by atoms with Crippen LogP contribution in [0.2, 0.25) is 0 Å². The number of nitrogens with zero attached hydrogens (tertiary/aromatic N) is 2. The molecule has 0 N–H and O–H groups in total. The Morgan fingerprint density at radius 1 is 1.53 bits per heavy atom. The van der Waals surface area contributed by atoms with Crippen LogP contribution in [0.25, 0.3) is 0 Å². The molecule has 2 rings (SSSR count). The smallest absolute Gasteiger partial charge is 0.264 e. The molecule has 4 nitrogen and oxygen atoms in total. The summed E-state index contributed by atoms with van der Waals surface area (Å²) in [6, 6.07) is 5.78. The molecule has 5 heteroatoms. The molecule has 1 heterocycles. The van der Waals surface area contributed by atoms with Gasteiger partial charge in [-0.3, -0.25) is 9.79 Å². The molecule has 0 atom stereocenters. The first kappa shape index (κ1) is 12.0. The predicted octanol–water partition coefficient (Wildman–Crippen LogP) is 1.78. The lowest BCUT2D eigenvalue weighted by atomic mass is 10.1. The number of rotatable bonds is 1. The third-order valence-corrected chi connectivity index (χ3v) is 3.49. The van der Waals surface area contributed by atoms with Crippen molar-refractivity contribution in [2.24, 2.45) is 4.99 Å². The Balaban J connectivity index is 2.45. The first-order valence-corrected chi connectivity index (χ1v) is 6.44. The summed E-state index contributed by atoms with van der Waals surface area (Å²) < 4.78 is 5.37. The van der Waals surface area contributed by atoms with Crippen LogP contribution in [0.5, 0.6) is 5.75 Å². The van der Waals surface area contributed by atoms with Gasteiger partial charge in [-0.1, -0.05) is 0 Å². The largest absolute Gasteiger partial charge is 0.482 e. The van der Waals surface area contributed by atoms with Crippen molar-refractivity contribution in [3.05, 3.63) is 23.8 Å². The normalized spacial score (nSPS) is 15.6. The van der Waals surface area contributed by atoms with E-state index in [1.807, 2.05) is 24.5 Å². The minimum absolute atomic E-state index is 0.0335. The molecule has 90 valence electrons. The Morgan fingerprint density at radius 2 is 2.29 bits per heavy atom. The summed E-state index contributed by atoms with van der Waals surface area (Å²) >= 11 is 1.58. The molecule has 0 saturated carbocycles. The van der Waals surface area contributed by atoms with Gasteiger partial charge < -0.3 is 9.64 Å². The molecule has 0 unspecified atom stereocenters. The lowest BCUT2D eigenvalue weighted by molar-refractivity contribution is -0.120. The number of aliphatic imine (C=N–C) groups is 1. The predicted molar refractivity (Wildman–Crippen MR) is 71.3 cm³/mol. The summed E-state index contributed by atoms with van der Waals surface area (Å²) in [4.78, 5) is 17.4. The quantitative estimate of drug-likeness (QED) is 0.563. The minimum Gasteiger partial charge on any atom is -0.482 e. The highest BCUT2D eigenvalue weighted by Crippen LogP contribution is 2.32. The van der Waals surface area contributed by atoms with E-state index in [1.165, 1.54) is 0 Å². The maximum absolute atomic E-state index is 11.5. The van der Waals surface area contributed by atoms with Gasteiger partial charge in [0, 0.05) is 19.7 Å². The van der Waals surface area contributed by atoms with E-state index in [0.29, 0.717) is 0 Å². The Bertz CT molecular complexity index is 485. The molecule has 1 aliphatic heterocycles. The number of ether oxygens (including phenoxy) is 1. The van der Waals surface area contributed by atoms with Gasteiger partial charge >= 0.3 is 0 Å². The van der Waals surface area contributed by atoms with Gasteiger partial charge in [0.15, 0.2) is 6.61 Å². The summed E-state index contributed by atoms with van der Waals surface area (Å²) in [5.74, 6) is 0.709. The Morgan fingerprint density at radius 3 is 2.94 bits per heavy atom. The number of benzene rings is 1. The minimum atomic E-state index is -0.0335. The lowest BCUT2D eigenvalue weighted by Gasteiger charge is -2.26. The number of likely N-dealkylation sites (N-methyl/N-ethyl adjacent to an activating group) is 1. The molecule has 0 spiro atoms. The zero-order valence-electron chi connectivity index (χ0n) is 10.1. The third-order valence-electron chi connectivity index (χ3n) is 2.69. The van der Waals surface area contributed by atoms with Gasteiger partial charge in [-0.05, 0) is 24.5 Å². The first-order chi connectivity index (χ1) is 8.17. The topological polar surface area (TPSA) is 41.9 Å². The molecule has 17 heavy (non-hydrogen) atoms. The van der Waals surface area contributed by atoms with Crippen LogP contribution in [0.1, 0.15) is 5.56 Å². The van der Waals surface area contributed by atoms with Crippen molar-refractivity contribution in [2.45, 2.75) is 0 Å². The summed E-state index contributed by atoms with van der Waals surface area (Å²) in [7, 11) is 3.52. The maximum Gasteiger partial charge on any atom is 0.264 e. The van der Waals surface area contributed by atoms with Crippen LogP contribution in [0.4, 0.5) is 5.69 Å². The van der Waals surface area contributed by atoms with E-state index in [4.69, 9.17) is 4.74 Å². The number of hydrogen-bond donors (Lipinski definition) is 0. The highest BCUT2D eigenvalue weighted by molar-refractivity contribution is 8.13. The number of fused-ring (bicyclic) bond motifs is 1. The van der Waals surface area contributed by atoms with Gasteiger partial charge in [0.25, 0.3) is 5.91 Å². The molecule has 0 aliphatic carbocycles. The zero-order chi connectivity index (χ0) is 12.4. The highest BCUT2D eigenvalue weighted by Gasteiger charge is 2.22. The molecule has 1 aliphatic rings. The van der Waals surface area contributed by atoms with E-state index in [-0.39, 0.29) is 12.5 Å². The lowest BCUT2D eigenvalue weighted by Crippen LogP contribution is -2.35. The first-order valence-electron chi connectivity index (χ1n) is 5.22. The van der Waals surface area contributed by atoms with Crippen molar-refractivity contribution in [2.75, 3.05) is 31.9 Å². The van der Waals surface area contributed by atoms with Crippen molar-refractivity contribution in [1.29, 1.82) is 0 Å². The fraction of sp³-hybridized carbons (Fsp3) is 0.333. The molecular weight excluding hydrogens is 236 g/mol. The molecule has 0 saturated heterocycles. The third kappa shape index (κ3) is 2.15. The van der Waals surface area contributed by atoms with Crippen LogP contribution in [0, 0.1) is 0 Å². The van der Waals surface area contributed by atoms with Crippen molar-refractivity contribution < 1.29 is 9.53 Å². The van der Waals surface area contributed by atoms with E-state index in [2.05, 4.69) is 4.99 Å². The van der Waals surface area contributed by atoms with Gasteiger partial charge in [-0.2, -0.15) is 0 Å². The number of carbonyl (C=O) groups is 1.